The summed E-state index contributed by atoms with van der Waals surface area (Å²) in [4.78, 5) is 14.3. The molecule has 1 saturated carbocycles. The van der Waals surface area contributed by atoms with Gasteiger partial charge in [-0.3, -0.25) is 4.79 Å². The van der Waals surface area contributed by atoms with E-state index >= 15 is 0 Å². The Balaban J connectivity index is 2.02. The van der Waals surface area contributed by atoms with Crippen molar-refractivity contribution in [1.82, 2.24) is 0 Å². The summed E-state index contributed by atoms with van der Waals surface area (Å²) < 4.78 is 0. The van der Waals surface area contributed by atoms with Crippen LogP contribution in [0.25, 0.3) is 4.85 Å². The monoisotopic (exact) mass is 413 g/mol. The van der Waals surface area contributed by atoms with E-state index in [1.54, 1.807) is 0 Å². The van der Waals surface area contributed by atoms with Gasteiger partial charge in [0.2, 0.25) is 6.04 Å². The summed E-state index contributed by atoms with van der Waals surface area (Å²) in [5.74, 6) is -0.845. The maximum absolute atomic E-state index is 10.7. The predicted molar refractivity (Wildman–Crippen MR) is 118 cm³/mol. The first-order valence-corrected chi connectivity index (χ1v) is 11.2. The first kappa shape index (κ1) is 24.1. The van der Waals surface area contributed by atoms with E-state index in [1.165, 1.54) is 0 Å². The zero-order valence-electron chi connectivity index (χ0n) is 17.9. The van der Waals surface area contributed by atoms with Crippen molar-refractivity contribution in [2.45, 2.75) is 88.9 Å². The second-order valence-corrected chi connectivity index (χ2v) is 8.36. The highest BCUT2D eigenvalue weighted by molar-refractivity contribution is 5.66. The zero-order chi connectivity index (χ0) is 21.9. The molecule has 1 aliphatic carbocycles. The molecular formula is C25H35NO4. The third kappa shape index (κ3) is 6.97. The molecule has 0 aromatic heterocycles. The van der Waals surface area contributed by atoms with Crippen LogP contribution in [0.1, 0.15) is 87.9 Å². The molecule has 1 unspecified atom stereocenters. The van der Waals surface area contributed by atoms with Crippen molar-refractivity contribution < 1.29 is 20.1 Å². The molecule has 0 amide bonds. The van der Waals surface area contributed by atoms with Gasteiger partial charge in [-0.2, -0.15) is 0 Å². The number of allylic oxidation sites excluding steroid dienone is 2. The summed E-state index contributed by atoms with van der Waals surface area (Å²) in [6.07, 6.45) is 9.68. The van der Waals surface area contributed by atoms with E-state index in [-0.39, 0.29) is 24.3 Å². The molecule has 0 aliphatic heterocycles. The third-order valence-electron chi connectivity index (χ3n) is 6.14. The van der Waals surface area contributed by atoms with Crippen molar-refractivity contribution in [2.75, 3.05) is 0 Å². The molecule has 0 bridgehead atoms. The summed E-state index contributed by atoms with van der Waals surface area (Å²) >= 11 is 0. The Morgan fingerprint density at radius 3 is 2.60 bits per heavy atom. The Kier molecular flexibility index (Phi) is 10.1. The molecule has 3 N–H and O–H groups in total. The molecule has 0 spiro atoms. The zero-order valence-corrected chi connectivity index (χ0v) is 17.9. The van der Waals surface area contributed by atoms with Crippen LogP contribution < -0.4 is 0 Å². The highest BCUT2D eigenvalue weighted by Crippen LogP contribution is 2.44. The normalized spacial score (nSPS) is 24.7. The number of carbonyl (C=O) groups is 1. The van der Waals surface area contributed by atoms with Crippen LogP contribution >= 0.6 is 0 Å². The third-order valence-corrected chi connectivity index (χ3v) is 6.14. The van der Waals surface area contributed by atoms with E-state index < -0.39 is 18.2 Å². The summed E-state index contributed by atoms with van der Waals surface area (Å²) in [5, 5.41) is 29.7. The molecular weight excluding hydrogens is 378 g/mol. The van der Waals surface area contributed by atoms with Gasteiger partial charge < -0.3 is 20.2 Å². The second kappa shape index (κ2) is 12.5. The lowest BCUT2D eigenvalue weighted by Crippen LogP contribution is -2.19. The van der Waals surface area contributed by atoms with Gasteiger partial charge in [0.05, 0.1) is 12.2 Å². The average Bonchev–Trinajstić information content (AvgIpc) is 3.05. The summed E-state index contributed by atoms with van der Waals surface area (Å²) in [5.41, 5.74) is 1.92. The molecule has 1 fully saturated rings. The number of aliphatic hydroxyl groups excluding tert-OH is 2. The number of unbranched alkanes of at least 4 members (excludes halogenated alkanes) is 3. The molecule has 2 rings (SSSR count). The molecule has 30 heavy (non-hydrogen) atoms. The smallest absolute Gasteiger partial charge is 0.303 e. The van der Waals surface area contributed by atoms with Gasteiger partial charge in [-0.15, -0.1) is 0 Å². The average molecular weight is 414 g/mol. The van der Waals surface area contributed by atoms with Crippen LogP contribution in [0.4, 0.5) is 0 Å². The van der Waals surface area contributed by atoms with Crippen molar-refractivity contribution in [3.05, 3.63) is 59.0 Å². The maximum atomic E-state index is 10.7. The molecule has 5 nitrogen and oxygen atoms in total. The Morgan fingerprint density at radius 2 is 1.97 bits per heavy atom. The van der Waals surface area contributed by atoms with Gasteiger partial charge in [0.25, 0.3) is 0 Å². The minimum atomic E-state index is -0.783. The number of carboxylic acids is 1. The van der Waals surface area contributed by atoms with Crippen LogP contribution in [0, 0.1) is 12.5 Å². The minimum Gasteiger partial charge on any atom is -0.481 e. The first-order chi connectivity index (χ1) is 14.5. The molecule has 1 aliphatic rings. The van der Waals surface area contributed by atoms with Crippen molar-refractivity contribution in [1.29, 1.82) is 0 Å². The lowest BCUT2D eigenvalue weighted by atomic mass is 9.83. The van der Waals surface area contributed by atoms with Crippen LogP contribution in [0.2, 0.25) is 0 Å². The lowest BCUT2D eigenvalue weighted by molar-refractivity contribution is -0.137. The van der Waals surface area contributed by atoms with Gasteiger partial charge in [0.1, 0.15) is 0 Å². The number of hydrogen-bond acceptors (Lipinski definition) is 3. The van der Waals surface area contributed by atoms with Crippen molar-refractivity contribution in [3.63, 3.8) is 0 Å². The number of aliphatic carboxylic acids is 1. The molecule has 164 valence electrons. The fourth-order valence-corrected chi connectivity index (χ4v) is 4.45. The van der Waals surface area contributed by atoms with Crippen LogP contribution in [-0.2, 0) is 4.79 Å². The summed E-state index contributed by atoms with van der Waals surface area (Å²) in [6.45, 7) is 9.67. The number of nitrogens with zero attached hydrogens (tertiary/aromatic N) is 1. The Morgan fingerprint density at radius 1 is 1.23 bits per heavy atom. The van der Waals surface area contributed by atoms with E-state index in [9.17, 15) is 15.0 Å². The van der Waals surface area contributed by atoms with Gasteiger partial charge in [0, 0.05) is 24.7 Å². The molecule has 5 heteroatoms. The van der Waals surface area contributed by atoms with E-state index in [4.69, 9.17) is 11.7 Å². The Labute approximate surface area is 180 Å². The first-order valence-electron chi connectivity index (χ1n) is 11.2. The fraction of sp³-hybridized carbons (Fsp3) is 0.600. The Bertz CT molecular complexity index is 722. The van der Waals surface area contributed by atoms with Gasteiger partial charge in [-0.25, -0.2) is 6.57 Å². The van der Waals surface area contributed by atoms with Crippen molar-refractivity contribution >= 4 is 5.97 Å². The summed E-state index contributed by atoms with van der Waals surface area (Å²) in [7, 11) is 0. The van der Waals surface area contributed by atoms with Gasteiger partial charge in [-0.05, 0) is 36.8 Å². The highest BCUT2D eigenvalue weighted by Gasteiger charge is 2.46. The number of carboxylic acid groups (broad SMARTS) is 1. The number of rotatable bonds is 12. The molecule has 0 radical (unpaired) electrons. The molecule has 0 saturated heterocycles. The maximum Gasteiger partial charge on any atom is 0.303 e. The largest absolute Gasteiger partial charge is 0.481 e. The van der Waals surface area contributed by atoms with Crippen LogP contribution in [0.5, 0.6) is 0 Å². The van der Waals surface area contributed by atoms with Crippen molar-refractivity contribution in [2.24, 2.45) is 5.92 Å². The van der Waals surface area contributed by atoms with Gasteiger partial charge >= 0.3 is 5.97 Å². The number of aliphatic hydroxyl groups is 2. The van der Waals surface area contributed by atoms with Gasteiger partial charge in [0.15, 0.2) is 0 Å². The Hall–Kier alpha value is -2.16. The molecule has 0 heterocycles. The van der Waals surface area contributed by atoms with E-state index in [0.717, 1.165) is 36.8 Å². The van der Waals surface area contributed by atoms with E-state index in [2.05, 4.69) is 11.8 Å². The van der Waals surface area contributed by atoms with Crippen molar-refractivity contribution in [3.8, 4) is 0 Å². The fourth-order valence-electron chi connectivity index (χ4n) is 4.45. The SMILES string of the molecule is [C-]#[N+][C@@H]1C[C@@H](O)[C@H](c2ccc(C(O)CCCCC)cc2)[C@H]1CC=CCCCC(=O)O. The molecule has 5 atom stereocenters. The van der Waals surface area contributed by atoms with E-state index in [0.29, 0.717) is 25.7 Å². The van der Waals surface area contributed by atoms with Crippen LogP contribution in [0.3, 0.4) is 0 Å². The molecule has 1 aromatic rings. The predicted octanol–water partition coefficient (Wildman–Crippen LogP) is 5.25. The van der Waals surface area contributed by atoms with Gasteiger partial charge in [-0.1, -0.05) is 62.6 Å². The lowest BCUT2D eigenvalue weighted by Gasteiger charge is -2.22. The van der Waals surface area contributed by atoms with Crippen LogP contribution in [-0.4, -0.2) is 33.4 Å². The molecule has 1 aromatic carbocycles. The van der Waals surface area contributed by atoms with Crippen LogP contribution in [0.15, 0.2) is 36.4 Å². The second-order valence-electron chi connectivity index (χ2n) is 8.36. The topological polar surface area (TPSA) is 82.1 Å². The standard InChI is InChI=1S/C25H35NO4/c1-3-4-7-11-22(27)18-13-15-19(16-14-18)25-20(21(26-2)17-23(25)28)10-8-5-6-9-12-24(29)30/h5,8,13-16,20-23,25,27-28H,3-4,6-7,9-12,17H2,1H3,(H,29,30)/t20-,21+,22?,23+,25+/m0/s1. The highest BCUT2D eigenvalue weighted by atomic mass is 16.4. The number of benzene rings is 1. The quantitative estimate of drug-likeness (QED) is 0.248. The summed E-state index contributed by atoms with van der Waals surface area (Å²) in [6, 6.07) is 7.66. The number of hydrogen-bond donors (Lipinski definition) is 3. The minimum absolute atomic E-state index is 0.0357. The van der Waals surface area contributed by atoms with E-state index in [1.807, 2.05) is 36.4 Å².